The zero-order chi connectivity index (χ0) is 20.5. The largest absolute Gasteiger partial charge is 0.386 e. The van der Waals surface area contributed by atoms with E-state index in [4.69, 9.17) is 21.9 Å². The molecular weight excluding hydrogens is 378 g/mol. The molecule has 148 valence electrons. The van der Waals surface area contributed by atoms with Crippen molar-refractivity contribution in [1.82, 2.24) is 20.8 Å². The second-order valence-electron chi connectivity index (χ2n) is 6.09. The molecule has 2 rings (SSSR count). The monoisotopic (exact) mass is 401 g/mol. The maximum Gasteiger partial charge on any atom is 0.249 e. The molecule has 0 bridgehead atoms. The minimum Gasteiger partial charge on any atom is -0.386 e. The molecule has 1 aromatic carbocycles. The lowest BCUT2D eigenvalue weighted by atomic mass is 10.2. The van der Waals surface area contributed by atoms with Crippen molar-refractivity contribution in [2.75, 3.05) is 0 Å². The topological polar surface area (TPSA) is 106 Å². The highest BCUT2D eigenvalue weighted by atomic mass is 35.5. The van der Waals surface area contributed by atoms with Crippen molar-refractivity contribution in [3.63, 3.8) is 0 Å². The fraction of sp³-hybridized carbons (Fsp3) is 0.250. The van der Waals surface area contributed by atoms with Crippen molar-refractivity contribution < 1.29 is 9.32 Å². The first-order chi connectivity index (χ1) is 13.4. The number of carbonyl (C=O) groups excluding carboxylic acids is 1. The van der Waals surface area contributed by atoms with Gasteiger partial charge < -0.3 is 20.9 Å². The number of nitrogens with two attached hydrogens (primary N) is 1. The first kappa shape index (κ1) is 21.2. The van der Waals surface area contributed by atoms with Crippen LogP contribution in [0.3, 0.4) is 0 Å². The van der Waals surface area contributed by atoms with Crippen molar-refractivity contribution in [2.24, 2.45) is 5.73 Å². The normalized spacial score (nSPS) is 14.7. The minimum absolute atomic E-state index is 0.258. The number of benzene rings is 1. The average molecular weight is 402 g/mol. The Kier molecular flexibility index (Phi) is 7.83. The highest BCUT2D eigenvalue weighted by molar-refractivity contribution is 6.31. The number of allylic oxidation sites excluding steroid dienone is 5. The summed E-state index contributed by atoms with van der Waals surface area (Å²) < 4.78 is 5.27. The fourth-order valence-electron chi connectivity index (χ4n) is 2.26. The lowest BCUT2D eigenvalue weighted by Gasteiger charge is -2.17. The summed E-state index contributed by atoms with van der Waals surface area (Å²) in [5.74, 6) is 0.859. The average Bonchev–Trinajstić information content (AvgIpc) is 3.17. The number of aromatic nitrogens is 2. The van der Waals surface area contributed by atoms with E-state index in [1.807, 2.05) is 43.3 Å². The van der Waals surface area contributed by atoms with Crippen LogP contribution >= 0.6 is 11.6 Å². The van der Waals surface area contributed by atoms with Crippen LogP contribution in [-0.2, 0) is 4.79 Å². The molecule has 0 radical (unpaired) electrons. The highest BCUT2D eigenvalue weighted by Crippen LogP contribution is 2.18. The van der Waals surface area contributed by atoms with E-state index in [1.165, 1.54) is 0 Å². The first-order valence-electron chi connectivity index (χ1n) is 8.82. The van der Waals surface area contributed by atoms with E-state index in [0.717, 1.165) is 5.56 Å². The number of hydrogen-bond acceptors (Lipinski definition) is 6. The van der Waals surface area contributed by atoms with Gasteiger partial charge in [-0.2, -0.15) is 4.98 Å². The van der Waals surface area contributed by atoms with Gasteiger partial charge in [-0.25, -0.2) is 0 Å². The third-order valence-corrected chi connectivity index (χ3v) is 3.98. The molecule has 8 heteroatoms. The van der Waals surface area contributed by atoms with Crippen LogP contribution in [-0.4, -0.2) is 22.1 Å². The third kappa shape index (κ3) is 6.28. The molecule has 7 nitrogen and oxygen atoms in total. The SMILES string of the molecule is C/C=C/C(Cl)=C\C=C(/N)NC(C)C(=O)NC(C)c1nc(-c2ccccc2)no1. The summed E-state index contributed by atoms with van der Waals surface area (Å²) in [5, 5.41) is 10.2. The van der Waals surface area contributed by atoms with Gasteiger partial charge in [-0.3, -0.25) is 4.79 Å². The maximum atomic E-state index is 12.4. The number of halogens is 1. The van der Waals surface area contributed by atoms with Gasteiger partial charge in [0.1, 0.15) is 12.1 Å². The van der Waals surface area contributed by atoms with E-state index < -0.39 is 12.1 Å². The summed E-state index contributed by atoms with van der Waals surface area (Å²) in [6.45, 7) is 5.33. The van der Waals surface area contributed by atoms with Crippen molar-refractivity contribution in [2.45, 2.75) is 32.9 Å². The Hall–Kier alpha value is -3.06. The van der Waals surface area contributed by atoms with Crippen LogP contribution in [0.15, 0.2) is 70.0 Å². The second-order valence-corrected chi connectivity index (χ2v) is 6.53. The summed E-state index contributed by atoms with van der Waals surface area (Å²) in [4.78, 5) is 16.7. The Balaban J connectivity index is 1.94. The predicted octanol–water partition coefficient (Wildman–Crippen LogP) is 3.39. The zero-order valence-electron chi connectivity index (χ0n) is 16.0. The van der Waals surface area contributed by atoms with Crippen molar-refractivity contribution in [1.29, 1.82) is 0 Å². The molecule has 0 aliphatic carbocycles. The van der Waals surface area contributed by atoms with Crippen LogP contribution in [0.2, 0.25) is 0 Å². The summed E-state index contributed by atoms with van der Waals surface area (Å²) >= 11 is 5.95. The summed E-state index contributed by atoms with van der Waals surface area (Å²) in [5.41, 5.74) is 6.71. The van der Waals surface area contributed by atoms with Gasteiger partial charge in [-0.05, 0) is 39.0 Å². The smallest absolute Gasteiger partial charge is 0.249 e. The van der Waals surface area contributed by atoms with Crippen LogP contribution in [0.4, 0.5) is 0 Å². The minimum atomic E-state index is -0.566. The Morgan fingerprint density at radius 2 is 1.93 bits per heavy atom. The lowest BCUT2D eigenvalue weighted by Crippen LogP contribution is -2.44. The zero-order valence-corrected chi connectivity index (χ0v) is 16.8. The van der Waals surface area contributed by atoms with Gasteiger partial charge in [0.25, 0.3) is 0 Å². The molecule has 1 amide bonds. The Labute approximate surface area is 169 Å². The molecule has 0 saturated heterocycles. The standard InChI is InChI=1S/C20H24ClN5O2/c1-4-8-16(21)11-12-17(22)23-13(2)19(27)24-14(3)20-25-18(26-28-20)15-9-6-5-7-10-15/h4-14,23H,22H2,1-3H3,(H,24,27)/b8-4+,16-11+,17-12+. The number of carbonyl (C=O) groups is 1. The van der Waals surface area contributed by atoms with Crippen LogP contribution in [0.5, 0.6) is 0 Å². The predicted molar refractivity (Wildman–Crippen MR) is 110 cm³/mol. The van der Waals surface area contributed by atoms with Crippen LogP contribution in [0.25, 0.3) is 11.4 Å². The van der Waals surface area contributed by atoms with Gasteiger partial charge in [0.15, 0.2) is 0 Å². The molecule has 0 aliphatic heterocycles. The number of rotatable bonds is 8. The van der Waals surface area contributed by atoms with Crippen LogP contribution < -0.4 is 16.4 Å². The fourth-order valence-corrected chi connectivity index (χ4v) is 2.45. The lowest BCUT2D eigenvalue weighted by molar-refractivity contribution is -0.123. The van der Waals surface area contributed by atoms with Gasteiger partial charge in [-0.1, -0.05) is 53.2 Å². The van der Waals surface area contributed by atoms with E-state index >= 15 is 0 Å². The number of nitrogens with one attached hydrogen (secondary N) is 2. The van der Waals surface area contributed by atoms with Crippen molar-refractivity contribution >= 4 is 17.5 Å². The molecule has 2 unspecified atom stereocenters. The van der Waals surface area contributed by atoms with Gasteiger partial charge in [0, 0.05) is 10.6 Å². The maximum absolute atomic E-state index is 12.4. The molecular formula is C20H24ClN5O2. The van der Waals surface area contributed by atoms with Crippen LogP contribution in [0, 0.1) is 0 Å². The number of amides is 1. The highest BCUT2D eigenvalue weighted by Gasteiger charge is 2.20. The summed E-state index contributed by atoms with van der Waals surface area (Å²) in [6, 6.07) is 8.45. The van der Waals surface area contributed by atoms with Gasteiger partial charge in [-0.15, -0.1) is 0 Å². The molecule has 2 aromatic rings. The van der Waals surface area contributed by atoms with Crippen LogP contribution in [0.1, 0.15) is 32.7 Å². The Morgan fingerprint density at radius 3 is 2.61 bits per heavy atom. The Bertz CT molecular complexity index is 874. The molecule has 1 aromatic heterocycles. The Morgan fingerprint density at radius 1 is 1.21 bits per heavy atom. The number of nitrogens with zero attached hydrogens (tertiary/aromatic N) is 2. The van der Waals surface area contributed by atoms with Crippen molar-refractivity contribution in [3.8, 4) is 11.4 Å². The molecule has 0 saturated carbocycles. The van der Waals surface area contributed by atoms with E-state index in [9.17, 15) is 4.79 Å². The van der Waals surface area contributed by atoms with Gasteiger partial charge >= 0.3 is 0 Å². The molecule has 0 aliphatic rings. The summed E-state index contributed by atoms with van der Waals surface area (Å²) in [6.07, 6.45) is 6.78. The van der Waals surface area contributed by atoms with Gasteiger partial charge in [0.2, 0.25) is 17.6 Å². The quantitative estimate of drug-likeness (QED) is 0.585. The third-order valence-electron chi connectivity index (χ3n) is 3.73. The van der Waals surface area contributed by atoms with Gasteiger partial charge in [0.05, 0.1) is 5.82 Å². The van der Waals surface area contributed by atoms with Crippen molar-refractivity contribution in [3.05, 3.63) is 71.4 Å². The van der Waals surface area contributed by atoms with E-state index in [0.29, 0.717) is 22.6 Å². The number of hydrogen-bond donors (Lipinski definition) is 3. The molecule has 4 N–H and O–H groups in total. The second kappa shape index (κ2) is 10.3. The molecule has 1 heterocycles. The first-order valence-corrected chi connectivity index (χ1v) is 9.20. The molecule has 2 atom stereocenters. The van der Waals surface area contributed by atoms with E-state index in [2.05, 4.69) is 20.8 Å². The van der Waals surface area contributed by atoms with E-state index in [1.54, 1.807) is 32.1 Å². The molecule has 0 spiro atoms. The molecule has 28 heavy (non-hydrogen) atoms. The summed E-state index contributed by atoms with van der Waals surface area (Å²) in [7, 11) is 0. The molecule has 0 fully saturated rings. The van der Waals surface area contributed by atoms with E-state index in [-0.39, 0.29) is 5.91 Å².